The van der Waals surface area contributed by atoms with Crippen molar-refractivity contribution in [2.45, 2.75) is 210 Å². The van der Waals surface area contributed by atoms with E-state index >= 15 is 0 Å². The molecule has 0 aromatic heterocycles. The van der Waals surface area contributed by atoms with E-state index in [1.807, 2.05) is 0 Å². The molecule has 0 aromatic rings. The van der Waals surface area contributed by atoms with Crippen LogP contribution in [0, 0.1) is 0 Å². The minimum atomic E-state index is -1.76. The first kappa shape index (κ1) is 50.4. The average molecular weight is 807 g/mol. The second-order valence-corrected chi connectivity index (χ2v) is 15.2. The van der Waals surface area contributed by atoms with Crippen LogP contribution in [-0.4, -0.2) is 142 Å². The smallest absolute Gasteiger partial charge is 0.306 e. The van der Waals surface area contributed by atoms with Crippen molar-refractivity contribution in [1.82, 2.24) is 0 Å². The van der Waals surface area contributed by atoms with Gasteiger partial charge < -0.3 is 64.2 Å². The molecule has 2 aliphatic heterocycles. The third kappa shape index (κ3) is 19.8. The van der Waals surface area contributed by atoms with E-state index in [0.29, 0.717) is 12.8 Å². The van der Waals surface area contributed by atoms with Crippen molar-refractivity contribution in [3.63, 3.8) is 0 Å². The lowest BCUT2D eigenvalue weighted by Gasteiger charge is -2.42. The van der Waals surface area contributed by atoms with Gasteiger partial charge in [-0.3, -0.25) is 9.59 Å². The van der Waals surface area contributed by atoms with Crippen LogP contribution in [0.5, 0.6) is 0 Å². The van der Waals surface area contributed by atoms with E-state index in [1.54, 1.807) is 0 Å². The Morgan fingerprint density at radius 3 is 1.59 bits per heavy atom. The quantitative estimate of drug-likeness (QED) is 0.0302. The molecular formula is C41H74O15. The Labute approximate surface area is 333 Å². The zero-order valence-corrected chi connectivity index (χ0v) is 33.9. The molecule has 11 atom stereocenters. The van der Waals surface area contributed by atoms with Gasteiger partial charge in [0.2, 0.25) is 0 Å². The van der Waals surface area contributed by atoms with Gasteiger partial charge in [-0.2, -0.15) is 0 Å². The van der Waals surface area contributed by atoms with E-state index in [-0.39, 0.29) is 26.1 Å². The largest absolute Gasteiger partial charge is 0.462 e. The van der Waals surface area contributed by atoms with Gasteiger partial charge in [0.15, 0.2) is 18.7 Å². The van der Waals surface area contributed by atoms with E-state index in [2.05, 4.69) is 26.0 Å². The lowest BCUT2D eigenvalue weighted by Crippen LogP contribution is -2.61. The van der Waals surface area contributed by atoms with Crippen LogP contribution in [0.2, 0.25) is 0 Å². The number of ether oxygens (including phenoxy) is 6. The Morgan fingerprint density at radius 1 is 0.554 bits per heavy atom. The summed E-state index contributed by atoms with van der Waals surface area (Å²) in [6.07, 6.45) is 7.25. The van der Waals surface area contributed by atoms with E-state index in [4.69, 9.17) is 28.4 Å². The van der Waals surface area contributed by atoms with E-state index < -0.39 is 92.7 Å². The number of unbranched alkanes of at least 4 members (excludes halogenated alkanes) is 15. The fourth-order valence-electron chi connectivity index (χ4n) is 6.62. The molecule has 328 valence electrons. The Kier molecular flexibility index (Phi) is 27.3. The maximum Gasteiger partial charge on any atom is 0.306 e. The van der Waals surface area contributed by atoms with E-state index in [0.717, 1.165) is 57.8 Å². The third-order valence-electron chi connectivity index (χ3n) is 10.2. The second-order valence-electron chi connectivity index (χ2n) is 15.2. The van der Waals surface area contributed by atoms with Crippen LogP contribution in [-0.2, 0) is 38.0 Å². The molecule has 15 nitrogen and oxygen atoms in total. The SMILES string of the molecule is CCCCCCCC/C=C/CCCCCC(=O)OC[C@H](CO[C@@H]1O[C@H](CO[C@@H]2O[C@H](CO)[C@H](O)C(O)C2O)[C@H](O)C(O)C1O)OC(=O)CCCCCCCCC. The van der Waals surface area contributed by atoms with Crippen molar-refractivity contribution in [3.05, 3.63) is 12.2 Å². The van der Waals surface area contributed by atoms with Gasteiger partial charge in [0.25, 0.3) is 0 Å². The average Bonchev–Trinajstić information content (AvgIpc) is 3.19. The minimum Gasteiger partial charge on any atom is -0.462 e. The number of rotatable bonds is 31. The first-order chi connectivity index (χ1) is 27.0. The highest BCUT2D eigenvalue weighted by Gasteiger charge is 2.47. The zero-order valence-electron chi connectivity index (χ0n) is 33.9. The highest BCUT2D eigenvalue weighted by molar-refractivity contribution is 5.70. The molecule has 0 saturated carbocycles. The summed E-state index contributed by atoms with van der Waals surface area (Å²) in [7, 11) is 0. The molecule has 0 bridgehead atoms. The summed E-state index contributed by atoms with van der Waals surface area (Å²) in [4.78, 5) is 25.4. The van der Waals surface area contributed by atoms with Gasteiger partial charge in [-0.15, -0.1) is 0 Å². The number of hydrogen-bond donors (Lipinski definition) is 7. The predicted molar refractivity (Wildman–Crippen MR) is 206 cm³/mol. The van der Waals surface area contributed by atoms with Crippen molar-refractivity contribution in [2.75, 3.05) is 26.4 Å². The summed E-state index contributed by atoms with van der Waals surface area (Å²) < 4.78 is 33.3. The van der Waals surface area contributed by atoms with Crippen molar-refractivity contribution >= 4 is 11.9 Å². The number of hydrogen-bond acceptors (Lipinski definition) is 15. The topological polar surface area (TPSA) is 231 Å². The van der Waals surface area contributed by atoms with Gasteiger partial charge in [0, 0.05) is 12.8 Å². The van der Waals surface area contributed by atoms with Crippen molar-refractivity contribution < 1.29 is 73.8 Å². The lowest BCUT2D eigenvalue weighted by atomic mass is 9.98. The molecular weight excluding hydrogens is 732 g/mol. The fourth-order valence-corrected chi connectivity index (χ4v) is 6.62. The summed E-state index contributed by atoms with van der Waals surface area (Å²) in [5, 5.41) is 71.6. The van der Waals surface area contributed by atoms with Crippen LogP contribution in [0.15, 0.2) is 12.2 Å². The molecule has 0 radical (unpaired) electrons. The van der Waals surface area contributed by atoms with Gasteiger partial charge in [-0.05, 0) is 38.5 Å². The third-order valence-corrected chi connectivity index (χ3v) is 10.2. The number of allylic oxidation sites excluding steroid dienone is 2. The first-order valence-electron chi connectivity index (χ1n) is 21.3. The highest BCUT2D eigenvalue weighted by Crippen LogP contribution is 2.26. The van der Waals surface area contributed by atoms with Gasteiger partial charge in [-0.1, -0.05) is 103 Å². The minimum absolute atomic E-state index is 0.163. The monoisotopic (exact) mass is 807 g/mol. The van der Waals surface area contributed by atoms with Crippen molar-refractivity contribution in [3.8, 4) is 0 Å². The van der Waals surface area contributed by atoms with Gasteiger partial charge in [-0.25, -0.2) is 0 Å². The molecule has 0 spiro atoms. The fraction of sp³-hybridized carbons (Fsp3) is 0.902. The van der Waals surface area contributed by atoms with Gasteiger partial charge in [0.1, 0.15) is 55.4 Å². The molecule has 7 N–H and O–H groups in total. The molecule has 0 amide bonds. The van der Waals surface area contributed by atoms with Crippen molar-refractivity contribution in [1.29, 1.82) is 0 Å². The molecule has 4 unspecified atom stereocenters. The molecule has 2 saturated heterocycles. The molecule has 2 fully saturated rings. The van der Waals surface area contributed by atoms with Crippen LogP contribution in [0.25, 0.3) is 0 Å². The van der Waals surface area contributed by atoms with Gasteiger partial charge >= 0.3 is 11.9 Å². The van der Waals surface area contributed by atoms with E-state index in [9.17, 15) is 45.3 Å². The predicted octanol–water partition coefficient (Wildman–Crippen LogP) is 3.48. The maximum atomic E-state index is 12.8. The number of carbonyl (C=O) groups is 2. The van der Waals surface area contributed by atoms with Crippen LogP contribution in [0.1, 0.15) is 142 Å². The number of carbonyl (C=O) groups excluding carboxylic acids is 2. The molecule has 15 heteroatoms. The molecule has 56 heavy (non-hydrogen) atoms. The Bertz CT molecular complexity index is 1040. The molecule has 0 aromatic carbocycles. The standard InChI is InChI=1S/C41H74O15/c1-3-5-7-9-11-12-13-14-15-16-18-19-21-23-32(43)51-26-29(54-33(44)24-22-20-17-10-8-6-4-2)27-52-40-39(50)37(48)35(46)31(56-40)28-53-41-38(49)36(47)34(45)30(25-42)55-41/h14-15,29-31,34-42,45-50H,3-13,16-28H2,1-2H3/b15-14+/t29-,30-,31-,34+,35+,36?,37?,38?,39?,40-,41-/m1/s1. The Morgan fingerprint density at radius 2 is 1.02 bits per heavy atom. The molecule has 2 heterocycles. The Hall–Kier alpha value is -1.76. The number of aliphatic hydroxyl groups excluding tert-OH is 7. The van der Waals surface area contributed by atoms with Crippen LogP contribution >= 0.6 is 0 Å². The first-order valence-corrected chi connectivity index (χ1v) is 21.3. The van der Waals surface area contributed by atoms with E-state index in [1.165, 1.54) is 44.9 Å². The number of esters is 2. The summed E-state index contributed by atoms with van der Waals surface area (Å²) in [6.45, 7) is 2.48. The summed E-state index contributed by atoms with van der Waals surface area (Å²) in [5.74, 6) is -0.950. The molecule has 0 aliphatic carbocycles. The summed E-state index contributed by atoms with van der Waals surface area (Å²) in [5.41, 5.74) is 0. The molecule has 2 rings (SSSR count). The normalized spacial score (nSPS) is 28.7. The second kappa shape index (κ2) is 30.3. The number of aliphatic hydroxyl groups is 7. The zero-order chi connectivity index (χ0) is 41.1. The maximum absolute atomic E-state index is 12.8. The summed E-state index contributed by atoms with van der Waals surface area (Å²) in [6, 6.07) is 0. The molecule has 2 aliphatic rings. The van der Waals surface area contributed by atoms with Crippen LogP contribution in [0.3, 0.4) is 0 Å². The van der Waals surface area contributed by atoms with Crippen LogP contribution in [0.4, 0.5) is 0 Å². The van der Waals surface area contributed by atoms with Crippen molar-refractivity contribution in [2.24, 2.45) is 0 Å². The van der Waals surface area contributed by atoms with Crippen LogP contribution < -0.4 is 0 Å². The lowest BCUT2D eigenvalue weighted by molar-refractivity contribution is -0.332. The summed E-state index contributed by atoms with van der Waals surface area (Å²) >= 11 is 0. The highest BCUT2D eigenvalue weighted by atomic mass is 16.7. The Balaban J connectivity index is 1.87. The van der Waals surface area contributed by atoms with Gasteiger partial charge in [0.05, 0.1) is 19.8 Å².